The highest BCUT2D eigenvalue weighted by molar-refractivity contribution is 6.28. The maximum absolute atomic E-state index is 11.1. The third-order valence-corrected chi connectivity index (χ3v) is 3.30. The molecule has 2 N–H and O–H groups in total. The number of fused-ring (bicyclic) bond motifs is 1. The van der Waals surface area contributed by atoms with E-state index in [0.29, 0.717) is 12.2 Å². The van der Waals surface area contributed by atoms with E-state index < -0.39 is 0 Å². The van der Waals surface area contributed by atoms with E-state index in [1.165, 1.54) is 6.92 Å². The van der Waals surface area contributed by atoms with Crippen LogP contribution in [0.1, 0.15) is 13.3 Å². The minimum atomic E-state index is -0.0146. The van der Waals surface area contributed by atoms with Crippen molar-refractivity contribution in [1.29, 1.82) is 0 Å². The zero-order valence-electron chi connectivity index (χ0n) is 10.4. The molecule has 1 aliphatic heterocycles. The van der Waals surface area contributed by atoms with Gasteiger partial charge in [0.25, 0.3) is 0 Å². The van der Waals surface area contributed by atoms with Crippen LogP contribution in [-0.4, -0.2) is 45.0 Å². The maximum atomic E-state index is 11.1. The van der Waals surface area contributed by atoms with Crippen LogP contribution in [-0.2, 0) is 4.79 Å². The predicted octanol–water partition coefficient (Wildman–Crippen LogP) is 0.721. The lowest BCUT2D eigenvalue weighted by atomic mass is 10.3. The lowest BCUT2D eigenvalue weighted by Crippen LogP contribution is -2.35. The largest absolute Gasteiger partial charge is 0.353 e. The van der Waals surface area contributed by atoms with Crippen molar-refractivity contribution in [2.24, 2.45) is 0 Å². The van der Waals surface area contributed by atoms with Crippen molar-refractivity contribution in [3.63, 3.8) is 0 Å². The van der Waals surface area contributed by atoms with Crippen LogP contribution in [0.3, 0.4) is 0 Å². The normalized spacial score (nSPS) is 19.1. The van der Waals surface area contributed by atoms with E-state index in [9.17, 15) is 4.79 Å². The highest BCUT2D eigenvalue weighted by atomic mass is 35.5. The fourth-order valence-corrected chi connectivity index (χ4v) is 2.54. The summed E-state index contributed by atoms with van der Waals surface area (Å²) in [6, 6.07) is 0.143. The van der Waals surface area contributed by atoms with Gasteiger partial charge in [0.05, 0.1) is 6.33 Å². The van der Waals surface area contributed by atoms with Crippen LogP contribution in [0, 0.1) is 0 Å². The molecule has 19 heavy (non-hydrogen) atoms. The minimum absolute atomic E-state index is 0.0146. The van der Waals surface area contributed by atoms with Crippen LogP contribution in [0.15, 0.2) is 6.33 Å². The van der Waals surface area contributed by atoms with Gasteiger partial charge in [-0.1, -0.05) is 0 Å². The number of nitrogens with zero attached hydrogens (tertiary/aromatic N) is 4. The number of aromatic nitrogens is 4. The fourth-order valence-electron chi connectivity index (χ4n) is 2.38. The molecule has 3 rings (SSSR count). The molecule has 0 aromatic carbocycles. The van der Waals surface area contributed by atoms with Crippen molar-refractivity contribution < 1.29 is 4.79 Å². The zero-order valence-corrected chi connectivity index (χ0v) is 11.1. The topological polar surface area (TPSA) is 86.8 Å². The Bertz CT molecular complexity index is 627. The standard InChI is InChI=1S/C11H13ClN6O/c1-6(19)15-7-2-3-18(4-7)10-8-9(14-5-13-8)16-11(12)17-10/h5,7H,2-4H2,1H3,(H,15,19)(H,13,14,16,17). The van der Waals surface area contributed by atoms with Crippen molar-refractivity contribution >= 4 is 34.5 Å². The molecule has 1 saturated heterocycles. The number of amides is 1. The minimum Gasteiger partial charge on any atom is -0.353 e. The van der Waals surface area contributed by atoms with Gasteiger partial charge in [0, 0.05) is 26.1 Å². The molecule has 3 heterocycles. The van der Waals surface area contributed by atoms with E-state index in [1.54, 1.807) is 6.33 Å². The van der Waals surface area contributed by atoms with Gasteiger partial charge < -0.3 is 15.2 Å². The summed E-state index contributed by atoms with van der Waals surface area (Å²) in [4.78, 5) is 28.6. The molecule has 100 valence electrons. The van der Waals surface area contributed by atoms with Crippen LogP contribution in [0.5, 0.6) is 0 Å². The molecule has 0 bridgehead atoms. The van der Waals surface area contributed by atoms with Gasteiger partial charge in [0.15, 0.2) is 11.5 Å². The lowest BCUT2D eigenvalue weighted by molar-refractivity contribution is -0.119. The predicted molar refractivity (Wildman–Crippen MR) is 71.1 cm³/mol. The van der Waals surface area contributed by atoms with E-state index in [1.807, 2.05) is 0 Å². The molecule has 0 saturated carbocycles. The number of imidazole rings is 1. The second-order valence-electron chi connectivity index (χ2n) is 4.55. The Hall–Kier alpha value is -1.89. The van der Waals surface area contributed by atoms with Gasteiger partial charge in [0.2, 0.25) is 11.2 Å². The van der Waals surface area contributed by atoms with E-state index in [2.05, 4.69) is 30.2 Å². The zero-order chi connectivity index (χ0) is 13.4. The lowest BCUT2D eigenvalue weighted by Gasteiger charge is -2.18. The van der Waals surface area contributed by atoms with Crippen LogP contribution in [0.2, 0.25) is 5.28 Å². The SMILES string of the molecule is CC(=O)NC1CCN(c2nc(Cl)nc3nc[nH]c23)C1. The van der Waals surface area contributed by atoms with E-state index >= 15 is 0 Å². The summed E-state index contributed by atoms with van der Waals surface area (Å²) >= 11 is 5.91. The van der Waals surface area contributed by atoms with Gasteiger partial charge in [0.1, 0.15) is 5.52 Å². The average molecular weight is 281 g/mol. The van der Waals surface area contributed by atoms with Crippen LogP contribution in [0.4, 0.5) is 5.82 Å². The molecule has 0 aliphatic carbocycles. The summed E-state index contributed by atoms with van der Waals surface area (Å²) in [5.74, 6) is 0.722. The first-order chi connectivity index (χ1) is 9.13. The summed E-state index contributed by atoms with van der Waals surface area (Å²) < 4.78 is 0. The summed E-state index contributed by atoms with van der Waals surface area (Å²) in [5.41, 5.74) is 1.32. The molecule has 1 aliphatic rings. The van der Waals surface area contributed by atoms with Crippen LogP contribution < -0.4 is 10.2 Å². The molecule has 0 radical (unpaired) electrons. The molecule has 0 spiro atoms. The summed E-state index contributed by atoms with van der Waals surface area (Å²) in [5, 5.41) is 3.09. The van der Waals surface area contributed by atoms with E-state index in [0.717, 1.165) is 24.3 Å². The quantitative estimate of drug-likeness (QED) is 0.792. The third kappa shape index (κ3) is 2.33. The highest BCUT2D eigenvalue weighted by Crippen LogP contribution is 2.25. The van der Waals surface area contributed by atoms with Gasteiger partial charge in [-0.15, -0.1) is 0 Å². The van der Waals surface area contributed by atoms with E-state index in [4.69, 9.17) is 11.6 Å². The first-order valence-corrected chi connectivity index (χ1v) is 6.40. The summed E-state index contributed by atoms with van der Waals surface area (Å²) in [6.45, 7) is 3.05. The van der Waals surface area contributed by atoms with E-state index in [-0.39, 0.29) is 17.2 Å². The second kappa shape index (κ2) is 4.65. The van der Waals surface area contributed by atoms with Gasteiger partial charge in [-0.2, -0.15) is 9.97 Å². The number of anilines is 1. The molecule has 1 fully saturated rings. The number of aromatic amines is 1. The number of halogens is 1. The Morgan fingerprint density at radius 1 is 1.58 bits per heavy atom. The molecule has 2 aromatic rings. The van der Waals surface area contributed by atoms with Gasteiger partial charge in [-0.3, -0.25) is 4.79 Å². The summed E-state index contributed by atoms with van der Waals surface area (Å²) in [7, 11) is 0. The molecule has 1 unspecified atom stereocenters. The van der Waals surface area contributed by atoms with Crippen molar-refractivity contribution in [1.82, 2.24) is 25.3 Å². The monoisotopic (exact) mass is 280 g/mol. The van der Waals surface area contributed by atoms with Crippen molar-refractivity contribution in [2.75, 3.05) is 18.0 Å². The van der Waals surface area contributed by atoms with Gasteiger partial charge in [-0.05, 0) is 18.0 Å². The number of nitrogens with one attached hydrogen (secondary N) is 2. The van der Waals surface area contributed by atoms with Crippen molar-refractivity contribution in [2.45, 2.75) is 19.4 Å². The van der Waals surface area contributed by atoms with Gasteiger partial charge >= 0.3 is 0 Å². The number of rotatable bonds is 2. The Balaban J connectivity index is 1.89. The Morgan fingerprint density at radius 3 is 3.21 bits per heavy atom. The second-order valence-corrected chi connectivity index (χ2v) is 4.89. The van der Waals surface area contributed by atoms with Crippen LogP contribution in [0.25, 0.3) is 11.2 Å². The fraction of sp³-hybridized carbons (Fsp3) is 0.455. The van der Waals surface area contributed by atoms with Crippen molar-refractivity contribution in [3.05, 3.63) is 11.6 Å². The Morgan fingerprint density at radius 2 is 2.42 bits per heavy atom. The smallest absolute Gasteiger partial charge is 0.226 e. The van der Waals surface area contributed by atoms with Crippen molar-refractivity contribution in [3.8, 4) is 0 Å². The molecule has 2 aromatic heterocycles. The summed E-state index contributed by atoms with van der Waals surface area (Å²) in [6.07, 6.45) is 2.46. The van der Waals surface area contributed by atoms with Gasteiger partial charge in [-0.25, -0.2) is 4.98 Å². The molecule has 7 nitrogen and oxygen atoms in total. The Kier molecular flexibility index (Phi) is 2.98. The first kappa shape index (κ1) is 12.2. The Labute approximate surface area is 114 Å². The number of hydrogen-bond acceptors (Lipinski definition) is 5. The maximum Gasteiger partial charge on any atom is 0.226 e. The van der Waals surface area contributed by atoms with Crippen LogP contribution >= 0.6 is 11.6 Å². The number of hydrogen-bond donors (Lipinski definition) is 2. The number of carbonyl (C=O) groups excluding carboxylic acids is 1. The molecule has 1 atom stereocenters. The molecule has 8 heteroatoms. The molecule has 1 amide bonds. The molecular formula is C11H13ClN6O. The number of carbonyl (C=O) groups is 1. The first-order valence-electron chi connectivity index (χ1n) is 6.02. The average Bonchev–Trinajstić information content (AvgIpc) is 2.95. The highest BCUT2D eigenvalue weighted by Gasteiger charge is 2.26. The number of H-pyrrole nitrogens is 1. The third-order valence-electron chi connectivity index (χ3n) is 3.13. The molecular weight excluding hydrogens is 268 g/mol.